The number of likely N-dealkylation sites (tertiary alicyclic amines) is 1. The SMILES string of the molecule is Cc1c(COc2cc(OCc3cncc(C#N)c3)c(CNCc3cc(C)n(C)n3)cc2Cl)cccc1-c1cccc(OCCCN2CCCC2)c1C. The molecule has 3 heterocycles. The molecule has 1 aliphatic heterocycles. The summed E-state index contributed by atoms with van der Waals surface area (Å²) in [5, 5.41) is 17.8. The smallest absolute Gasteiger partial charge is 0.142 e. The summed E-state index contributed by atoms with van der Waals surface area (Å²) in [6.45, 7) is 12.2. The predicted octanol–water partition coefficient (Wildman–Crippen LogP) is 8.24. The molecule has 1 fully saturated rings. The van der Waals surface area contributed by atoms with Crippen LogP contribution in [0.15, 0.2) is 73.1 Å². The van der Waals surface area contributed by atoms with Gasteiger partial charge in [0.25, 0.3) is 0 Å². The van der Waals surface area contributed by atoms with Crippen molar-refractivity contribution in [1.82, 2.24) is 25.0 Å². The minimum absolute atomic E-state index is 0.234. The maximum absolute atomic E-state index is 9.34. The lowest BCUT2D eigenvalue weighted by atomic mass is 9.93. The summed E-state index contributed by atoms with van der Waals surface area (Å²) in [6.07, 6.45) is 6.88. The van der Waals surface area contributed by atoms with Crippen molar-refractivity contribution in [2.24, 2.45) is 7.05 Å². The normalized spacial score (nSPS) is 12.9. The molecule has 0 spiro atoms. The molecule has 9 nitrogen and oxygen atoms in total. The molecule has 52 heavy (non-hydrogen) atoms. The lowest BCUT2D eigenvalue weighted by Crippen LogP contribution is -2.22. The first-order valence-corrected chi connectivity index (χ1v) is 18.3. The van der Waals surface area contributed by atoms with E-state index < -0.39 is 0 Å². The van der Waals surface area contributed by atoms with Crippen molar-refractivity contribution in [3.05, 3.63) is 123 Å². The van der Waals surface area contributed by atoms with Gasteiger partial charge in [0.05, 0.1) is 22.9 Å². The fraction of sp³-hybridized carbons (Fsp3) is 0.357. The first-order chi connectivity index (χ1) is 25.3. The number of nitrogens with zero attached hydrogens (tertiary/aromatic N) is 5. The minimum atomic E-state index is 0.234. The third kappa shape index (κ3) is 9.31. The minimum Gasteiger partial charge on any atom is -0.493 e. The Bertz CT molecular complexity index is 2010. The van der Waals surface area contributed by atoms with Crippen molar-refractivity contribution in [1.29, 1.82) is 5.26 Å². The summed E-state index contributed by atoms with van der Waals surface area (Å²) in [5.41, 5.74) is 9.82. The molecule has 0 saturated carbocycles. The second-order valence-corrected chi connectivity index (χ2v) is 13.8. The first-order valence-electron chi connectivity index (χ1n) is 17.9. The lowest BCUT2D eigenvalue weighted by molar-refractivity contribution is 0.262. The van der Waals surface area contributed by atoms with Gasteiger partial charge in [-0.3, -0.25) is 9.67 Å². The van der Waals surface area contributed by atoms with E-state index in [1.165, 1.54) is 32.1 Å². The molecule has 1 N–H and O–H groups in total. The summed E-state index contributed by atoms with van der Waals surface area (Å²) in [7, 11) is 1.93. The van der Waals surface area contributed by atoms with Crippen molar-refractivity contribution in [3.63, 3.8) is 0 Å². The highest BCUT2D eigenvalue weighted by molar-refractivity contribution is 6.32. The van der Waals surface area contributed by atoms with Crippen LogP contribution in [-0.2, 0) is 33.4 Å². The fourth-order valence-electron chi connectivity index (χ4n) is 6.62. The standard InChI is InChI=1S/C42H47ClN6O3/c1-29-18-36(47-48(29)4)26-46-25-35-20-39(43)42(21-41(35)51-27-33-19-32(22-44)23-45-24-33)52-28-34-10-7-11-37(30(34)2)38-12-8-13-40(31(38)3)50-17-9-16-49-14-5-6-15-49/h7-8,10-13,18-21,23-24,46H,5-6,9,14-17,25-28H2,1-4H3. The van der Waals surface area contributed by atoms with Gasteiger partial charge in [-0.2, -0.15) is 10.4 Å². The Hall–Kier alpha value is -4.88. The number of aryl methyl sites for hydroxylation is 2. The van der Waals surface area contributed by atoms with Gasteiger partial charge in [0.15, 0.2) is 0 Å². The number of hydrogen-bond donors (Lipinski definition) is 1. The van der Waals surface area contributed by atoms with E-state index in [1.54, 1.807) is 12.3 Å². The maximum atomic E-state index is 9.34. The Balaban J connectivity index is 1.16. The van der Waals surface area contributed by atoms with E-state index in [0.29, 0.717) is 48.4 Å². The van der Waals surface area contributed by atoms with E-state index in [4.69, 9.17) is 25.8 Å². The van der Waals surface area contributed by atoms with Crippen LogP contribution in [0.4, 0.5) is 0 Å². The van der Waals surface area contributed by atoms with E-state index in [9.17, 15) is 5.26 Å². The number of rotatable bonds is 16. The van der Waals surface area contributed by atoms with Crippen LogP contribution in [0.5, 0.6) is 17.2 Å². The van der Waals surface area contributed by atoms with E-state index in [1.807, 2.05) is 30.8 Å². The van der Waals surface area contributed by atoms with Crippen molar-refractivity contribution in [2.75, 3.05) is 26.2 Å². The molecular weight excluding hydrogens is 672 g/mol. The van der Waals surface area contributed by atoms with Crippen molar-refractivity contribution < 1.29 is 14.2 Å². The maximum Gasteiger partial charge on any atom is 0.142 e. The Morgan fingerprint density at radius 2 is 1.60 bits per heavy atom. The largest absolute Gasteiger partial charge is 0.493 e. The molecular formula is C42H47ClN6O3. The van der Waals surface area contributed by atoms with Crippen LogP contribution in [0.2, 0.25) is 5.02 Å². The summed E-state index contributed by atoms with van der Waals surface area (Å²) in [4.78, 5) is 6.70. The Morgan fingerprint density at radius 3 is 2.37 bits per heavy atom. The third-order valence-corrected chi connectivity index (χ3v) is 9.99. The Kier molecular flexibility index (Phi) is 12.5. The van der Waals surface area contributed by atoms with E-state index in [2.05, 4.69) is 82.7 Å². The van der Waals surface area contributed by atoms with Crippen LogP contribution in [0.25, 0.3) is 11.1 Å². The zero-order chi connectivity index (χ0) is 36.5. The molecule has 2 aromatic heterocycles. The summed E-state index contributed by atoms with van der Waals surface area (Å²) >= 11 is 6.85. The number of hydrogen-bond acceptors (Lipinski definition) is 8. The molecule has 5 aromatic rings. The molecule has 0 unspecified atom stereocenters. The number of nitrogens with one attached hydrogen (secondary N) is 1. The van der Waals surface area contributed by atoms with Gasteiger partial charge in [-0.15, -0.1) is 0 Å². The van der Waals surface area contributed by atoms with Gasteiger partial charge in [-0.25, -0.2) is 0 Å². The van der Waals surface area contributed by atoms with Gasteiger partial charge >= 0.3 is 0 Å². The summed E-state index contributed by atoms with van der Waals surface area (Å²) < 4.78 is 20.9. The number of aromatic nitrogens is 3. The average molecular weight is 719 g/mol. The second kappa shape index (κ2) is 17.6. The highest BCUT2D eigenvalue weighted by Gasteiger charge is 2.16. The molecule has 0 bridgehead atoms. The number of pyridine rings is 1. The molecule has 6 rings (SSSR count). The molecule has 10 heteroatoms. The highest BCUT2D eigenvalue weighted by Crippen LogP contribution is 2.36. The monoisotopic (exact) mass is 718 g/mol. The molecule has 0 atom stereocenters. The van der Waals surface area contributed by atoms with Crippen LogP contribution >= 0.6 is 11.6 Å². The topological polar surface area (TPSA) is 97.5 Å². The summed E-state index contributed by atoms with van der Waals surface area (Å²) in [6, 6.07) is 22.3. The average Bonchev–Trinajstić information content (AvgIpc) is 3.79. The van der Waals surface area contributed by atoms with Gasteiger partial charge < -0.3 is 24.4 Å². The predicted molar refractivity (Wildman–Crippen MR) is 205 cm³/mol. The summed E-state index contributed by atoms with van der Waals surface area (Å²) in [5.74, 6) is 2.08. The zero-order valence-corrected chi connectivity index (χ0v) is 31.3. The van der Waals surface area contributed by atoms with Crippen LogP contribution in [-0.4, -0.2) is 45.9 Å². The van der Waals surface area contributed by atoms with Crippen LogP contribution < -0.4 is 19.5 Å². The number of halogens is 1. The second-order valence-electron chi connectivity index (χ2n) is 13.4. The fourth-order valence-corrected chi connectivity index (χ4v) is 6.86. The van der Waals surface area contributed by atoms with E-state index in [-0.39, 0.29) is 6.61 Å². The van der Waals surface area contributed by atoms with Crippen LogP contribution in [0.1, 0.15) is 64.0 Å². The Labute approximate surface area is 312 Å². The van der Waals surface area contributed by atoms with Gasteiger partial charge in [0.1, 0.15) is 36.5 Å². The Morgan fingerprint density at radius 1 is 0.827 bits per heavy atom. The zero-order valence-electron chi connectivity index (χ0n) is 30.5. The van der Waals surface area contributed by atoms with Crippen LogP contribution in [0, 0.1) is 32.1 Å². The molecule has 1 saturated heterocycles. The highest BCUT2D eigenvalue weighted by atomic mass is 35.5. The molecule has 1 aliphatic rings. The molecule has 0 amide bonds. The molecule has 3 aromatic carbocycles. The van der Waals surface area contributed by atoms with Crippen molar-refractivity contribution in [3.8, 4) is 34.4 Å². The van der Waals surface area contributed by atoms with Crippen molar-refractivity contribution >= 4 is 11.6 Å². The quantitative estimate of drug-likeness (QED) is 0.102. The number of ether oxygens (including phenoxy) is 3. The van der Waals surface area contributed by atoms with Crippen LogP contribution in [0.3, 0.4) is 0 Å². The lowest BCUT2D eigenvalue weighted by Gasteiger charge is -2.18. The molecule has 0 aliphatic carbocycles. The van der Waals surface area contributed by atoms with Crippen molar-refractivity contribution in [2.45, 2.75) is 66.3 Å². The number of benzene rings is 3. The van der Waals surface area contributed by atoms with Gasteiger partial charge in [-0.05, 0) is 105 Å². The number of nitriles is 1. The molecule has 270 valence electrons. The molecule has 0 radical (unpaired) electrons. The first kappa shape index (κ1) is 36.9. The third-order valence-electron chi connectivity index (χ3n) is 9.70. The van der Waals surface area contributed by atoms with Gasteiger partial charge in [0, 0.05) is 62.0 Å². The van der Waals surface area contributed by atoms with Gasteiger partial charge in [-0.1, -0.05) is 41.9 Å². The van der Waals surface area contributed by atoms with E-state index in [0.717, 1.165) is 69.0 Å². The van der Waals surface area contributed by atoms with E-state index >= 15 is 0 Å². The van der Waals surface area contributed by atoms with Gasteiger partial charge in [0.2, 0.25) is 0 Å².